The van der Waals surface area contributed by atoms with E-state index < -0.39 is 11.6 Å². The molecule has 5 heteroatoms. The van der Waals surface area contributed by atoms with Crippen LogP contribution < -0.4 is 10.5 Å². The van der Waals surface area contributed by atoms with Crippen LogP contribution >= 0.6 is 0 Å². The second kappa shape index (κ2) is 6.58. The number of hydrogen-bond acceptors (Lipinski definition) is 4. The molecule has 0 fully saturated rings. The van der Waals surface area contributed by atoms with Gasteiger partial charge in [0.15, 0.2) is 0 Å². The summed E-state index contributed by atoms with van der Waals surface area (Å²) in [5.41, 5.74) is 1.29. The van der Waals surface area contributed by atoms with Crippen LogP contribution in [0.25, 0.3) is 11.0 Å². The highest BCUT2D eigenvalue weighted by Crippen LogP contribution is 2.23. The molecule has 0 aliphatic heterocycles. The van der Waals surface area contributed by atoms with Crippen LogP contribution in [0.2, 0.25) is 0 Å². The standard InChI is InChI=1S/C19H17NO4/c1-2-20(12-13-6-4-3-5-7-13)15-9-8-14-10-16(18(21)22)19(23)24-17(14)11-15/h3-11H,2,12H2,1H3,(H,21,22). The third kappa shape index (κ3) is 3.15. The Labute approximate surface area is 138 Å². The summed E-state index contributed by atoms with van der Waals surface area (Å²) >= 11 is 0. The summed E-state index contributed by atoms with van der Waals surface area (Å²) in [7, 11) is 0. The van der Waals surface area contributed by atoms with Crippen molar-refractivity contribution in [2.24, 2.45) is 0 Å². The van der Waals surface area contributed by atoms with Gasteiger partial charge in [-0.15, -0.1) is 0 Å². The normalized spacial score (nSPS) is 10.7. The molecule has 0 radical (unpaired) electrons. The number of carboxylic acid groups (broad SMARTS) is 1. The number of carboxylic acids is 1. The molecule has 122 valence electrons. The summed E-state index contributed by atoms with van der Waals surface area (Å²) in [6.07, 6.45) is 0. The Morgan fingerprint density at radius 3 is 2.54 bits per heavy atom. The lowest BCUT2D eigenvalue weighted by Crippen LogP contribution is -2.22. The maximum absolute atomic E-state index is 11.8. The zero-order chi connectivity index (χ0) is 17.1. The molecule has 3 rings (SSSR count). The molecule has 3 aromatic rings. The van der Waals surface area contributed by atoms with Crippen molar-refractivity contribution in [1.82, 2.24) is 0 Å². The van der Waals surface area contributed by atoms with Gasteiger partial charge in [-0.1, -0.05) is 30.3 Å². The SMILES string of the molecule is CCN(Cc1ccccc1)c1ccc2cc(C(=O)O)c(=O)oc2c1. The molecular formula is C19H17NO4. The minimum atomic E-state index is -1.28. The first kappa shape index (κ1) is 15.8. The molecule has 0 saturated carbocycles. The average Bonchev–Trinajstić information content (AvgIpc) is 2.59. The van der Waals surface area contributed by atoms with Gasteiger partial charge in [-0.05, 0) is 30.7 Å². The lowest BCUT2D eigenvalue weighted by Gasteiger charge is -2.23. The molecule has 0 unspecified atom stereocenters. The van der Waals surface area contributed by atoms with Crippen LogP contribution in [-0.2, 0) is 6.54 Å². The summed E-state index contributed by atoms with van der Waals surface area (Å²) in [6.45, 7) is 3.58. The van der Waals surface area contributed by atoms with Crippen molar-refractivity contribution in [2.75, 3.05) is 11.4 Å². The molecule has 0 atom stereocenters. The highest BCUT2D eigenvalue weighted by atomic mass is 16.4. The van der Waals surface area contributed by atoms with Gasteiger partial charge in [0.25, 0.3) is 0 Å². The largest absolute Gasteiger partial charge is 0.477 e. The van der Waals surface area contributed by atoms with Crippen LogP contribution in [0, 0.1) is 0 Å². The van der Waals surface area contributed by atoms with Gasteiger partial charge in [-0.3, -0.25) is 0 Å². The van der Waals surface area contributed by atoms with Crippen LogP contribution in [-0.4, -0.2) is 17.6 Å². The smallest absolute Gasteiger partial charge is 0.351 e. The van der Waals surface area contributed by atoms with Crippen LogP contribution in [0.15, 0.2) is 63.8 Å². The molecule has 2 aromatic carbocycles. The number of aromatic carboxylic acids is 1. The van der Waals surface area contributed by atoms with Crippen LogP contribution in [0.3, 0.4) is 0 Å². The zero-order valence-corrected chi connectivity index (χ0v) is 13.2. The van der Waals surface area contributed by atoms with Crippen molar-refractivity contribution in [3.05, 3.63) is 76.1 Å². The Hall–Kier alpha value is -3.08. The number of hydrogen-bond donors (Lipinski definition) is 1. The van der Waals surface area contributed by atoms with E-state index in [4.69, 9.17) is 9.52 Å². The molecule has 0 bridgehead atoms. The van der Waals surface area contributed by atoms with Gasteiger partial charge in [-0.25, -0.2) is 9.59 Å². The maximum atomic E-state index is 11.8. The quantitative estimate of drug-likeness (QED) is 0.728. The Kier molecular flexibility index (Phi) is 4.33. The molecule has 1 aromatic heterocycles. The van der Waals surface area contributed by atoms with Crippen molar-refractivity contribution in [1.29, 1.82) is 0 Å². The van der Waals surface area contributed by atoms with Gasteiger partial charge in [-0.2, -0.15) is 0 Å². The molecular weight excluding hydrogens is 306 g/mol. The molecule has 24 heavy (non-hydrogen) atoms. The van der Waals surface area contributed by atoms with E-state index in [9.17, 15) is 9.59 Å². The first-order chi connectivity index (χ1) is 11.6. The van der Waals surface area contributed by atoms with Crippen LogP contribution in [0.4, 0.5) is 5.69 Å². The first-order valence-electron chi connectivity index (χ1n) is 7.68. The fourth-order valence-electron chi connectivity index (χ4n) is 2.64. The summed E-state index contributed by atoms with van der Waals surface area (Å²) in [5.74, 6) is -1.28. The van der Waals surface area contributed by atoms with Gasteiger partial charge in [0, 0.05) is 30.2 Å². The molecule has 1 heterocycles. The minimum absolute atomic E-state index is 0.355. The summed E-state index contributed by atoms with van der Waals surface area (Å²) < 4.78 is 5.18. The van der Waals surface area contributed by atoms with Gasteiger partial charge in [0.1, 0.15) is 11.1 Å². The Morgan fingerprint density at radius 2 is 1.88 bits per heavy atom. The van der Waals surface area contributed by atoms with E-state index in [0.717, 1.165) is 18.8 Å². The number of nitrogens with zero attached hydrogens (tertiary/aromatic N) is 1. The zero-order valence-electron chi connectivity index (χ0n) is 13.2. The lowest BCUT2D eigenvalue weighted by molar-refractivity contribution is 0.0692. The molecule has 1 N–H and O–H groups in total. The van der Waals surface area contributed by atoms with Crippen LogP contribution in [0.1, 0.15) is 22.8 Å². The monoisotopic (exact) mass is 323 g/mol. The summed E-state index contributed by atoms with van der Waals surface area (Å²) in [4.78, 5) is 24.9. The van der Waals surface area contributed by atoms with Gasteiger partial charge in [0.2, 0.25) is 0 Å². The second-order valence-corrected chi connectivity index (χ2v) is 5.47. The van der Waals surface area contributed by atoms with Crippen molar-refractivity contribution in [2.45, 2.75) is 13.5 Å². The van der Waals surface area contributed by atoms with Crippen molar-refractivity contribution in [3.8, 4) is 0 Å². The number of benzene rings is 2. The van der Waals surface area contributed by atoms with E-state index in [0.29, 0.717) is 11.0 Å². The fourth-order valence-corrected chi connectivity index (χ4v) is 2.64. The number of rotatable bonds is 5. The minimum Gasteiger partial charge on any atom is -0.477 e. The molecule has 0 amide bonds. The van der Waals surface area contributed by atoms with Crippen molar-refractivity contribution >= 4 is 22.6 Å². The van der Waals surface area contributed by atoms with Crippen molar-refractivity contribution in [3.63, 3.8) is 0 Å². The lowest BCUT2D eigenvalue weighted by atomic mass is 10.1. The molecule has 0 saturated heterocycles. The predicted molar refractivity (Wildman–Crippen MR) is 92.6 cm³/mol. The second-order valence-electron chi connectivity index (χ2n) is 5.47. The average molecular weight is 323 g/mol. The fraction of sp³-hybridized carbons (Fsp3) is 0.158. The maximum Gasteiger partial charge on any atom is 0.351 e. The summed E-state index contributed by atoms with van der Waals surface area (Å²) in [5, 5.41) is 9.59. The Balaban J connectivity index is 1.98. The first-order valence-corrected chi connectivity index (χ1v) is 7.68. The number of carbonyl (C=O) groups is 1. The van der Waals surface area contributed by atoms with E-state index in [2.05, 4.69) is 24.0 Å². The Bertz CT molecular complexity index is 931. The Morgan fingerprint density at radius 1 is 1.12 bits per heavy atom. The van der Waals surface area contributed by atoms with E-state index in [1.54, 1.807) is 12.1 Å². The van der Waals surface area contributed by atoms with E-state index in [1.165, 1.54) is 11.6 Å². The van der Waals surface area contributed by atoms with Gasteiger partial charge in [0.05, 0.1) is 0 Å². The predicted octanol–water partition coefficient (Wildman–Crippen LogP) is 3.52. The highest BCUT2D eigenvalue weighted by Gasteiger charge is 2.13. The number of anilines is 1. The van der Waals surface area contributed by atoms with E-state index in [-0.39, 0.29) is 5.56 Å². The molecule has 0 spiro atoms. The number of fused-ring (bicyclic) bond motifs is 1. The van der Waals surface area contributed by atoms with Crippen LogP contribution in [0.5, 0.6) is 0 Å². The molecule has 0 aliphatic rings. The van der Waals surface area contributed by atoms with E-state index in [1.807, 2.05) is 24.3 Å². The third-order valence-electron chi connectivity index (χ3n) is 3.91. The van der Waals surface area contributed by atoms with Crippen molar-refractivity contribution < 1.29 is 14.3 Å². The molecule has 5 nitrogen and oxygen atoms in total. The summed E-state index contributed by atoms with van der Waals surface area (Å²) in [6, 6.07) is 16.9. The topological polar surface area (TPSA) is 70.8 Å². The van der Waals surface area contributed by atoms with E-state index >= 15 is 0 Å². The molecule has 0 aliphatic carbocycles. The third-order valence-corrected chi connectivity index (χ3v) is 3.91. The van der Waals surface area contributed by atoms with Gasteiger partial charge < -0.3 is 14.4 Å². The highest BCUT2D eigenvalue weighted by molar-refractivity contribution is 5.92. The van der Waals surface area contributed by atoms with Gasteiger partial charge >= 0.3 is 11.6 Å².